The molecule has 176 valence electrons. The molecular formula is C25H31ClN4O3. The molecule has 7 nitrogen and oxygen atoms in total. The summed E-state index contributed by atoms with van der Waals surface area (Å²) in [5.41, 5.74) is 2.62. The number of halogens is 1. The second-order valence-electron chi connectivity index (χ2n) is 8.75. The molecule has 2 fully saturated rings. The quantitative estimate of drug-likeness (QED) is 0.741. The Hall–Kier alpha value is -2.77. The van der Waals surface area contributed by atoms with Crippen LogP contribution >= 0.6 is 11.6 Å². The van der Waals surface area contributed by atoms with E-state index in [0.29, 0.717) is 38.3 Å². The van der Waals surface area contributed by atoms with E-state index in [2.05, 4.69) is 10.2 Å². The molecule has 0 radical (unpaired) electrons. The summed E-state index contributed by atoms with van der Waals surface area (Å²) < 4.78 is 5.71. The van der Waals surface area contributed by atoms with E-state index < -0.39 is 0 Å². The Morgan fingerprint density at radius 2 is 1.58 bits per heavy atom. The Balaban J connectivity index is 1.25. The topological polar surface area (TPSA) is 65.1 Å². The predicted octanol–water partition coefficient (Wildman–Crippen LogP) is 3.62. The Morgan fingerprint density at radius 3 is 2.21 bits per heavy atom. The minimum Gasteiger partial charge on any atom is -0.372 e. The molecule has 8 heteroatoms. The van der Waals surface area contributed by atoms with Gasteiger partial charge in [-0.3, -0.25) is 4.79 Å². The number of para-hydroxylation sites is 1. The molecule has 2 heterocycles. The first kappa shape index (κ1) is 23.4. The van der Waals surface area contributed by atoms with E-state index in [-0.39, 0.29) is 24.1 Å². The lowest BCUT2D eigenvalue weighted by Crippen LogP contribution is -2.51. The number of rotatable bonds is 4. The van der Waals surface area contributed by atoms with Crippen molar-refractivity contribution in [3.05, 3.63) is 64.7 Å². The summed E-state index contributed by atoms with van der Waals surface area (Å²) >= 11 is 6.30. The van der Waals surface area contributed by atoms with Crippen molar-refractivity contribution in [3.63, 3.8) is 0 Å². The lowest BCUT2D eigenvalue weighted by atomic mass is 10.1. The van der Waals surface area contributed by atoms with Crippen LogP contribution in [0.5, 0.6) is 0 Å². The van der Waals surface area contributed by atoms with Crippen molar-refractivity contribution in [2.24, 2.45) is 0 Å². The van der Waals surface area contributed by atoms with Crippen LogP contribution in [0.3, 0.4) is 0 Å². The Morgan fingerprint density at radius 1 is 0.939 bits per heavy atom. The molecule has 2 saturated heterocycles. The number of hydrogen-bond donors (Lipinski definition) is 1. The first-order valence-corrected chi connectivity index (χ1v) is 11.8. The number of carbonyl (C=O) groups is 2. The molecule has 0 spiro atoms. The third kappa shape index (κ3) is 5.78. The molecule has 0 bridgehead atoms. The van der Waals surface area contributed by atoms with Crippen LogP contribution in [-0.4, -0.2) is 73.2 Å². The number of ether oxygens (including phenoxy) is 1. The summed E-state index contributed by atoms with van der Waals surface area (Å²) in [6.07, 6.45) is 0.0810. The molecule has 2 aromatic rings. The van der Waals surface area contributed by atoms with Crippen molar-refractivity contribution in [3.8, 4) is 0 Å². The lowest BCUT2D eigenvalue weighted by Gasteiger charge is -2.36. The van der Waals surface area contributed by atoms with Crippen LogP contribution in [0.15, 0.2) is 48.5 Å². The molecule has 4 rings (SSSR count). The molecule has 33 heavy (non-hydrogen) atoms. The highest BCUT2D eigenvalue weighted by molar-refractivity contribution is 6.33. The van der Waals surface area contributed by atoms with Gasteiger partial charge in [0, 0.05) is 51.4 Å². The summed E-state index contributed by atoms with van der Waals surface area (Å²) in [4.78, 5) is 31.3. The van der Waals surface area contributed by atoms with E-state index in [9.17, 15) is 9.59 Å². The number of benzene rings is 2. The molecule has 0 aliphatic carbocycles. The first-order chi connectivity index (χ1) is 15.9. The number of amides is 3. The largest absolute Gasteiger partial charge is 0.372 e. The monoisotopic (exact) mass is 470 g/mol. The molecule has 0 aromatic heterocycles. The maximum atomic E-state index is 12.8. The van der Waals surface area contributed by atoms with Gasteiger partial charge in [-0.25, -0.2) is 4.79 Å². The number of piperazine rings is 1. The van der Waals surface area contributed by atoms with Gasteiger partial charge in [-0.1, -0.05) is 35.9 Å². The molecule has 2 unspecified atom stereocenters. The van der Waals surface area contributed by atoms with Crippen LogP contribution in [0.1, 0.15) is 29.8 Å². The number of hydrogen-bond acceptors (Lipinski definition) is 4. The fourth-order valence-electron chi connectivity index (χ4n) is 4.44. The van der Waals surface area contributed by atoms with Crippen molar-refractivity contribution >= 4 is 29.2 Å². The smallest absolute Gasteiger partial charge is 0.317 e. The number of anilines is 1. The van der Waals surface area contributed by atoms with Crippen LogP contribution in [0, 0.1) is 0 Å². The SMILES string of the molecule is CC1CN(C(=O)c2ccc(CNC(=O)N3CCN(c4ccccc4Cl)CC3)cc2)CC(C)O1. The average molecular weight is 471 g/mol. The maximum absolute atomic E-state index is 12.8. The summed E-state index contributed by atoms with van der Waals surface area (Å²) in [5, 5.41) is 3.72. The summed E-state index contributed by atoms with van der Waals surface area (Å²) in [5.74, 6) is 0.0176. The van der Waals surface area contributed by atoms with Crippen LogP contribution in [0.2, 0.25) is 5.02 Å². The number of nitrogens with zero attached hydrogens (tertiary/aromatic N) is 3. The number of nitrogens with one attached hydrogen (secondary N) is 1. The molecule has 3 amide bonds. The minimum absolute atomic E-state index is 0.0176. The molecule has 2 atom stereocenters. The van der Waals surface area contributed by atoms with Gasteiger partial charge in [-0.05, 0) is 43.7 Å². The van der Waals surface area contributed by atoms with Gasteiger partial charge in [-0.15, -0.1) is 0 Å². The highest BCUT2D eigenvalue weighted by Gasteiger charge is 2.26. The zero-order valence-corrected chi connectivity index (χ0v) is 19.9. The zero-order chi connectivity index (χ0) is 23.4. The first-order valence-electron chi connectivity index (χ1n) is 11.5. The van der Waals surface area contributed by atoms with Gasteiger partial charge in [0.15, 0.2) is 0 Å². The van der Waals surface area contributed by atoms with Crippen molar-refractivity contribution in [2.75, 3.05) is 44.2 Å². The number of carbonyl (C=O) groups excluding carboxylic acids is 2. The van der Waals surface area contributed by atoms with Gasteiger partial charge >= 0.3 is 6.03 Å². The van der Waals surface area contributed by atoms with Gasteiger partial charge in [0.1, 0.15) is 0 Å². The standard InChI is InChI=1S/C25H31ClN4O3/c1-18-16-30(17-19(2)33-18)24(31)21-9-7-20(8-10-21)15-27-25(32)29-13-11-28(12-14-29)23-6-4-3-5-22(23)26/h3-10,18-19H,11-17H2,1-2H3,(H,27,32). The number of morpholine rings is 1. The van der Waals surface area contributed by atoms with Crippen molar-refractivity contribution in [2.45, 2.75) is 32.6 Å². The van der Waals surface area contributed by atoms with Crippen LogP contribution in [-0.2, 0) is 11.3 Å². The fourth-order valence-corrected chi connectivity index (χ4v) is 4.69. The van der Waals surface area contributed by atoms with Crippen LogP contribution in [0.4, 0.5) is 10.5 Å². The predicted molar refractivity (Wildman–Crippen MR) is 130 cm³/mol. The van der Waals surface area contributed by atoms with Crippen molar-refractivity contribution in [1.82, 2.24) is 15.1 Å². The second kappa shape index (κ2) is 10.4. The fraction of sp³-hybridized carbons (Fsp3) is 0.440. The van der Waals surface area contributed by atoms with E-state index in [0.717, 1.165) is 29.4 Å². The van der Waals surface area contributed by atoms with E-state index in [4.69, 9.17) is 16.3 Å². The van der Waals surface area contributed by atoms with Crippen molar-refractivity contribution < 1.29 is 14.3 Å². The third-order valence-electron chi connectivity index (χ3n) is 6.11. The normalized spacial score (nSPS) is 21.1. The molecular weight excluding hydrogens is 440 g/mol. The van der Waals surface area contributed by atoms with Gasteiger partial charge in [-0.2, -0.15) is 0 Å². The Kier molecular flexibility index (Phi) is 7.40. The van der Waals surface area contributed by atoms with Gasteiger partial charge in [0.25, 0.3) is 5.91 Å². The molecule has 2 aromatic carbocycles. The molecule has 2 aliphatic heterocycles. The van der Waals surface area contributed by atoms with Gasteiger partial charge in [0.05, 0.1) is 22.9 Å². The van der Waals surface area contributed by atoms with E-state index in [1.54, 1.807) is 0 Å². The Bertz CT molecular complexity index is 966. The minimum atomic E-state index is -0.0785. The Labute approximate surface area is 200 Å². The average Bonchev–Trinajstić information content (AvgIpc) is 2.82. The van der Waals surface area contributed by atoms with Crippen molar-refractivity contribution in [1.29, 1.82) is 0 Å². The second-order valence-corrected chi connectivity index (χ2v) is 9.16. The number of urea groups is 1. The van der Waals surface area contributed by atoms with E-state index >= 15 is 0 Å². The highest BCUT2D eigenvalue weighted by Crippen LogP contribution is 2.26. The van der Waals surface area contributed by atoms with Crippen LogP contribution < -0.4 is 10.2 Å². The van der Waals surface area contributed by atoms with Gasteiger partial charge in [0.2, 0.25) is 0 Å². The summed E-state index contributed by atoms with van der Waals surface area (Å²) in [6, 6.07) is 15.2. The molecule has 1 N–H and O–H groups in total. The lowest BCUT2D eigenvalue weighted by molar-refractivity contribution is -0.0586. The van der Waals surface area contributed by atoms with Crippen LogP contribution in [0.25, 0.3) is 0 Å². The summed E-state index contributed by atoms with van der Waals surface area (Å²) in [7, 11) is 0. The highest BCUT2D eigenvalue weighted by atomic mass is 35.5. The summed E-state index contributed by atoms with van der Waals surface area (Å²) in [6.45, 7) is 8.36. The third-order valence-corrected chi connectivity index (χ3v) is 6.43. The van der Waals surface area contributed by atoms with E-state index in [1.807, 2.05) is 72.2 Å². The zero-order valence-electron chi connectivity index (χ0n) is 19.2. The maximum Gasteiger partial charge on any atom is 0.317 e. The van der Waals surface area contributed by atoms with Gasteiger partial charge < -0.3 is 24.8 Å². The molecule has 0 saturated carbocycles. The van der Waals surface area contributed by atoms with E-state index in [1.165, 1.54) is 0 Å². The molecule has 2 aliphatic rings.